The molecular formula is C21H22ClN3O4. The van der Waals surface area contributed by atoms with Gasteiger partial charge in [0.15, 0.2) is 0 Å². The average Bonchev–Trinajstić information content (AvgIpc) is 2.99. The van der Waals surface area contributed by atoms with Crippen LogP contribution in [0.4, 0.5) is 11.4 Å². The van der Waals surface area contributed by atoms with Crippen molar-refractivity contribution >= 4 is 41.5 Å². The molecular weight excluding hydrogens is 394 g/mol. The summed E-state index contributed by atoms with van der Waals surface area (Å²) < 4.78 is 5.35. The fourth-order valence-corrected chi connectivity index (χ4v) is 3.70. The Bertz CT molecular complexity index is 921. The summed E-state index contributed by atoms with van der Waals surface area (Å²) in [4.78, 5) is 39.3. The Morgan fingerprint density at radius 3 is 2.24 bits per heavy atom. The number of nitrogens with one attached hydrogen (secondary N) is 1. The molecule has 1 fully saturated rings. The first-order valence-electron chi connectivity index (χ1n) is 9.23. The zero-order valence-corrected chi connectivity index (χ0v) is 16.5. The molecule has 3 amide bonds. The van der Waals surface area contributed by atoms with Crippen LogP contribution >= 0.6 is 12.4 Å². The first-order chi connectivity index (χ1) is 13.6. The summed E-state index contributed by atoms with van der Waals surface area (Å²) in [6.07, 6.45) is 1.13. The molecule has 2 aliphatic rings. The monoisotopic (exact) mass is 415 g/mol. The number of hydrogen-bond donors (Lipinski definition) is 2. The molecule has 2 aromatic carbocycles. The number of carbonyl (C=O) groups is 3. The predicted octanol–water partition coefficient (Wildman–Crippen LogP) is 2.60. The van der Waals surface area contributed by atoms with Crippen LogP contribution in [0.5, 0.6) is 0 Å². The SMILES string of the molecule is Cl.NCC1(C(=O)Nc2cccc(N3C(=O)c4ccccc4C3=O)c2)CCOCC1. The molecule has 2 aromatic rings. The number of hydrogen-bond acceptors (Lipinski definition) is 5. The number of fused-ring (bicyclic) bond motifs is 1. The van der Waals surface area contributed by atoms with Gasteiger partial charge in [-0.2, -0.15) is 0 Å². The highest BCUT2D eigenvalue weighted by atomic mass is 35.5. The molecule has 0 radical (unpaired) electrons. The summed E-state index contributed by atoms with van der Waals surface area (Å²) in [5, 5.41) is 2.89. The minimum atomic E-state index is -0.663. The number of anilines is 2. The van der Waals surface area contributed by atoms with Crippen molar-refractivity contribution in [1.29, 1.82) is 0 Å². The van der Waals surface area contributed by atoms with E-state index in [9.17, 15) is 14.4 Å². The summed E-state index contributed by atoms with van der Waals surface area (Å²) in [5.41, 5.74) is 6.92. The van der Waals surface area contributed by atoms with Gasteiger partial charge in [0.05, 0.1) is 22.2 Å². The average molecular weight is 416 g/mol. The standard InChI is InChI=1S/C21H21N3O4.ClH/c22-13-21(8-10-28-11-9-21)20(27)23-14-4-3-5-15(12-14)24-18(25)16-6-1-2-7-17(16)19(24)26;/h1-7,12H,8-11,13,22H2,(H,23,27);1H. The normalized spacial score (nSPS) is 17.5. The second-order valence-electron chi connectivity index (χ2n) is 7.09. The third-order valence-corrected chi connectivity index (χ3v) is 5.48. The van der Waals surface area contributed by atoms with Crippen LogP contribution in [0.3, 0.4) is 0 Å². The highest BCUT2D eigenvalue weighted by Gasteiger charge is 2.39. The van der Waals surface area contributed by atoms with Crippen LogP contribution in [-0.2, 0) is 9.53 Å². The molecule has 1 saturated heterocycles. The van der Waals surface area contributed by atoms with Crippen molar-refractivity contribution in [3.8, 4) is 0 Å². The molecule has 2 heterocycles. The van der Waals surface area contributed by atoms with Gasteiger partial charge < -0.3 is 15.8 Å². The van der Waals surface area contributed by atoms with E-state index in [2.05, 4.69) is 5.32 Å². The summed E-state index contributed by atoms with van der Waals surface area (Å²) in [6, 6.07) is 13.5. The van der Waals surface area contributed by atoms with Crippen LogP contribution in [-0.4, -0.2) is 37.5 Å². The highest BCUT2D eigenvalue weighted by Crippen LogP contribution is 2.33. The van der Waals surface area contributed by atoms with Gasteiger partial charge in [0.25, 0.3) is 11.8 Å². The van der Waals surface area contributed by atoms with Gasteiger partial charge in [-0.25, -0.2) is 4.90 Å². The van der Waals surface area contributed by atoms with Gasteiger partial charge in [-0.15, -0.1) is 12.4 Å². The number of nitrogens with zero attached hydrogens (tertiary/aromatic N) is 1. The highest BCUT2D eigenvalue weighted by molar-refractivity contribution is 6.34. The molecule has 7 nitrogen and oxygen atoms in total. The quantitative estimate of drug-likeness (QED) is 0.747. The second kappa shape index (κ2) is 8.32. The van der Waals surface area contributed by atoms with Crippen molar-refractivity contribution < 1.29 is 19.1 Å². The predicted molar refractivity (Wildman–Crippen MR) is 111 cm³/mol. The Morgan fingerprint density at radius 1 is 1.03 bits per heavy atom. The van der Waals surface area contributed by atoms with Crippen LogP contribution in [0.2, 0.25) is 0 Å². The van der Waals surface area contributed by atoms with Crippen LogP contribution in [0.1, 0.15) is 33.6 Å². The maximum atomic E-state index is 12.9. The lowest BCUT2D eigenvalue weighted by Gasteiger charge is -2.34. The van der Waals surface area contributed by atoms with E-state index in [4.69, 9.17) is 10.5 Å². The molecule has 0 saturated carbocycles. The van der Waals surface area contributed by atoms with Crippen molar-refractivity contribution in [2.24, 2.45) is 11.1 Å². The fraction of sp³-hybridized carbons (Fsp3) is 0.286. The number of nitrogens with two attached hydrogens (primary N) is 1. The van der Waals surface area contributed by atoms with Gasteiger partial charge in [0, 0.05) is 25.4 Å². The molecule has 29 heavy (non-hydrogen) atoms. The van der Waals surface area contributed by atoms with Gasteiger partial charge >= 0.3 is 0 Å². The van der Waals surface area contributed by atoms with Gasteiger partial charge in [-0.1, -0.05) is 18.2 Å². The van der Waals surface area contributed by atoms with Crippen LogP contribution in [0, 0.1) is 5.41 Å². The van der Waals surface area contributed by atoms with E-state index in [1.165, 1.54) is 0 Å². The third-order valence-electron chi connectivity index (χ3n) is 5.48. The molecule has 0 unspecified atom stereocenters. The molecule has 0 atom stereocenters. The molecule has 0 aliphatic carbocycles. The largest absolute Gasteiger partial charge is 0.381 e. The first kappa shape index (κ1) is 21.0. The molecule has 0 spiro atoms. The summed E-state index contributed by atoms with van der Waals surface area (Å²) >= 11 is 0. The maximum absolute atomic E-state index is 12.9. The Kier molecular flexibility index (Phi) is 6.02. The fourth-order valence-electron chi connectivity index (χ4n) is 3.70. The number of ether oxygens (including phenoxy) is 1. The minimum absolute atomic E-state index is 0. The zero-order chi connectivity index (χ0) is 19.7. The van der Waals surface area contributed by atoms with Gasteiger partial charge in [-0.3, -0.25) is 14.4 Å². The number of amides is 3. The Hall–Kier alpha value is -2.74. The Balaban J connectivity index is 0.00000240. The Morgan fingerprint density at radius 2 is 1.66 bits per heavy atom. The van der Waals surface area contributed by atoms with E-state index in [0.29, 0.717) is 48.6 Å². The summed E-state index contributed by atoms with van der Waals surface area (Å²) in [6.45, 7) is 1.24. The van der Waals surface area contributed by atoms with Crippen molar-refractivity contribution in [2.45, 2.75) is 12.8 Å². The van der Waals surface area contributed by atoms with E-state index in [0.717, 1.165) is 4.90 Å². The third kappa shape index (κ3) is 3.64. The molecule has 8 heteroatoms. The van der Waals surface area contributed by atoms with Crippen molar-refractivity contribution in [1.82, 2.24) is 0 Å². The minimum Gasteiger partial charge on any atom is -0.381 e. The van der Waals surface area contributed by atoms with Gasteiger partial charge in [0.1, 0.15) is 0 Å². The summed E-state index contributed by atoms with van der Waals surface area (Å²) in [7, 11) is 0. The number of carbonyl (C=O) groups excluding carboxylic acids is 3. The van der Waals surface area contributed by atoms with E-state index in [1.807, 2.05) is 0 Å². The van der Waals surface area contributed by atoms with Crippen molar-refractivity contribution in [2.75, 3.05) is 30.0 Å². The number of rotatable bonds is 4. The summed E-state index contributed by atoms with van der Waals surface area (Å²) in [5.74, 6) is -0.906. The molecule has 0 aromatic heterocycles. The molecule has 3 N–H and O–H groups in total. The zero-order valence-electron chi connectivity index (χ0n) is 15.7. The smallest absolute Gasteiger partial charge is 0.266 e. The molecule has 4 rings (SSSR count). The lowest BCUT2D eigenvalue weighted by molar-refractivity contribution is -0.130. The Labute approximate surface area is 174 Å². The molecule has 0 bridgehead atoms. The second-order valence-corrected chi connectivity index (χ2v) is 7.09. The van der Waals surface area contributed by atoms with E-state index in [-0.39, 0.29) is 36.7 Å². The van der Waals surface area contributed by atoms with Crippen molar-refractivity contribution in [3.05, 3.63) is 59.7 Å². The first-order valence-corrected chi connectivity index (χ1v) is 9.23. The van der Waals surface area contributed by atoms with Gasteiger partial charge in [0.2, 0.25) is 5.91 Å². The molecule has 152 valence electrons. The number of benzene rings is 2. The van der Waals surface area contributed by atoms with E-state index in [1.54, 1.807) is 48.5 Å². The van der Waals surface area contributed by atoms with Crippen LogP contribution in [0.15, 0.2) is 48.5 Å². The number of imide groups is 1. The molecule has 2 aliphatic heterocycles. The van der Waals surface area contributed by atoms with E-state index < -0.39 is 5.41 Å². The lowest BCUT2D eigenvalue weighted by atomic mass is 9.79. The van der Waals surface area contributed by atoms with Gasteiger partial charge in [-0.05, 0) is 43.2 Å². The lowest BCUT2D eigenvalue weighted by Crippen LogP contribution is -2.46. The maximum Gasteiger partial charge on any atom is 0.266 e. The van der Waals surface area contributed by atoms with E-state index >= 15 is 0 Å². The van der Waals surface area contributed by atoms with Crippen molar-refractivity contribution in [3.63, 3.8) is 0 Å². The number of halogens is 1. The topological polar surface area (TPSA) is 102 Å². The van der Waals surface area contributed by atoms with Crippen LogP contribution in [0.25, 0.3) is 0 Å². The van der Waals surface area contributed by atoms with Crippen LogP contribution < -0.4 is 16.0 Å².